The first-order valence-corrected chi connectivity index (χ1v) is 9.59. The number of rotatable bonds is 5. The first kappa shape index (κ1) is 20.4. The Morgan fingerprint density at radius 1 is 1.21 bits per heavy atom. The summed E-state index contributed by atoms with van der Waals surface area (Å²) in [6.45, 7) is 0. The number of hydrazone groups is 1. The van der Waals surface area contributed by atoms with Gasteiger partial charge in [0.25, 0.3) is 0 Å². The summed E-state index contributed by atoms with van der Waals surface area (Å²) < 4.78 is 2.05. The van der Waals surface area contributed by atoms with Crippen LogP contribution in [0.2, 0.25) is 0 Å². The molecular formula is C20H18N4O4S. The Labute approximate surface area is 170 Å². The lowest BCUT2D eigenvalue weighted by Gasteiger charge is -2.07. The summed E-state index contributed by atoms with van der Waals surface area (Å²) in [5.74, 6) is -0.901. The topological polar surface area (TPSA) is 128 Å². The molecule has 0 saturated heterocycles. The van der Waals surface area contributed by atoms with E-state index < -0.39 is 5.97 Å². The maximum atomic E-state index is 11.2. The van der Waals surface area contributed by atoms with Crippen LogP contribution in [0.15, 0.2) is 58.9 Å². The number of nitroso groups, excluding NO2 is 1. The van der Waals surface area contributed by atoms with E-state index in [0.717, 1.165) is 38.3 Å². The molecule has 0 bridgehead atoms. The number of nitrogens with one attached hydrogen (secondary N) is 1. The standard InChI is InChI=1S/C20H16N4O3S.H2O/c1-24-5-4-12-2-3-13(9-18(12)24)14-6-15(8-16(7-14)23-27)17-10-19(22-21-17)28-11-20(25)26;/h2-9H,10-11H2,1H3,(H,25,26);1H2. The third kappa shape index (κ3) is 4.25. The fraction of sp³-hybridized carbons (Fsp3) is 0.150. The van der Waals surface area contributed by atoms with Gasteiger partial charge in [-0.3, -0.25) is 4.79 Å². The highest BCUT2D eigenvalue weighted by Crippen LogP contribution is 2.30. The number of thioether (sulfide) groups is 1. The number of carboxylic acid groups (broad SMARTS) is 1. The Hall–Kier alpha value is -3.30. The molecule has 148 valence electrons. The van der Waals surface area contributed by atoms with Crippen molar-refractivity contribution in [2.75, 3.05) is 5.75 Å². The summed E-state index contributed by atoms with van der Waals surface area (Å²) in [7, 11) is 1.99. The van der Waals surface area contributed by atoms with Gasteiger partial charge in [-0.05, 0) is 68.9 Å². The lowest BCUT2D eigenvalue weighted by molar-refractivity contribution is -0.455. The molecule has 3 N–H and O–H groups in total. The number of carboxylic acids is 1. The largest absolute Gasteiger partial charge is 0.870 e. The number of hydrogen-bond acceptors (Lipinski definition) is 6. The molecule has 2 heterocycles. The molecule has 4 rings (SSSR count). The van der Waals surface area contributed by atoms with Gasteiger partial charge in [0.2, 0.25) is 5.04 Å². The molecule has 3 aromatic rings. The average molecular weight is 410 g/mol. The van der Waals surface area contributed by atoms with Gasteiger partial charge in [0.05, 0.1) is 6.42 Å². The van der Waals surface area contributed by atoms with E-state index in [9.17, 15) is 9.70 Å². The van der Waals surface area contributed by atoms with Crippen LogP contribution in [0, 0.1) is 4.91 Å². The van der Waals surface area contributed by atoms with E-state index in [1.807, 2.05) is 29.9 Å². The third-order valence-corrected chi connectivity index (χ3v) is 5.57. The van der Waals surface area contributed by atoms with Crippen LogP contribution < -0.4 is 5.10 Å². The molecule has 1 aliphatic heterocycles. The maximum Gasteiger partial charge on any atom is 0.314 e. The van der Waals surface area contributed by atoms with E-state index in [2.05, 4.69) is 33.6 Å². The van der Waals surface area contributed by atoms with Crippen molar-refractivity contribution in [2.24, 2.45) is 17.3 Å². The van der Waals surface area contributed by atoms with E-state index >= 15 is 0 Å². The zero-order chi connectivity index (χ0) is 19.7. The Morgan fingerprint density at radius 2 is 2.00 bits per heavy atom. The van der Waals surface area contributed by atoms with Gasteiger partial charge in [-0.2, -0.15) is 0 Å². The van der Waals surface area contributed by atoms with Crippen LogP contribution in [0.3, 0.4) is 0 Å². The van der Waals surface area contributed by atoms with Crippen molar-refractivity contribution >= 4 is 45.1 Å². The molecule has 0 fully saturated rings. The minimum Gasteiger partial charge on any atom is -0.870 e. The van der Waals surface area contributed by atoms with Crippen LogP contribution in [0.4, 0.5) is 5.69 Å². The van der Waals surface area contributed by atoms with Crippen LogP contribution in [0.25, 0.3) is 22.0 Å². The van der Waals surface area contributed by atoms with Crippen LogP contribution in [-0.2, 0) is 11.8 Å². The second-order valence-electron chi connectivity index (χ2n) is 6.51. The molecule has 1 aliphatic rings. The highest BCUT2D eigenvalue weighted by atomic mass is 32.2. The number of aromatic nitrogens is 1. The lowest BCUT2D eigenvalue weighted by Crippen LogP contribution is -2.62. The second kappa shape index (κ2) is 8.38. The third-order valence-electron chi connectivity index (χ3n) is 4.59. The highest BCUT2D eigenvalue weighted by molar-refractivity contribution is 8.14. The molecule has 0 atom stereocenters. The molecule has 0 unspecified atom stereocenters. The van der Waals surface area contributed by atoms with Crippen molar-refractivity contribution in [3.05, 3.63) is 59.1 Å². The summed E-state index contributed by atoms with van der Waals surface area (Å²) in [5, 5.41) is 21.0. The number of fused-ring (bicyclic) bond motifs is 1. The van der Waals surface area contributed by atoms with Crippen molar-refractivity contribution in [2.45, 2.75) is 6.42 Å². The quantitative estimate of drug-likeness (QED) is 0.625. The number of benzene rings is 2. The van der Waals surface area contributed by atoms with E-state index in [-0.39, 0.29) is 11.2 Å². The molecule has 9 heteroatoms. The maximum absolute atomic E-state index is 11.2. The van der Waals surface area contributed by atoms with Gasteiger partial charge in [-0.15, -0.1) is 4.91 Å². The molecule has 0 saturated carbocycles. The van der Waals surface area contributed by atoms with Crippen LogP contribution in [0.5, 0.6) is 0 Å². The minimum atomic E-state index is -0.877. The summed E-state index contributed by atoms with van der Waals surface area (Å²) in [5.41, 5.74) is 4.83. The number of nitrogens with zero attached hydrogens (tertiary/aromatic N) is 3. The molecule has 29 heavy (non-hydrogen) atoms. The monoisotopic (exact) mass is 410 g/mol. The fourth-order valence-electron chi connectivity index (χ4n) is 3.20. The Balaban J connectivity index is 0.00000240. The smallest absolute Gasteiger partial charge is 0.314 e. The summed E-state index contributed by atoms with van der Waals surface area (Å²) >= 11 is 1.21. The summed E-state index contributed by atoms with van der Waals surface area (Å²) in [6.07, 6.45) is 2.50. The van der Waals surface area contributed by atoms with Crippen molar-refractivity contribution in [1.29, 1.82) is 0 Å². The van der Waals surface area contributed by atoms with Crippen molar-refractivity contribution < 1.29 is 20.5 Å². The van der Waals surface area contributed by atoms with Gasteiger partial charge < -0.3 is 15.1 Å². The van der Waals surface area contributed by atoms with Crippen LogP contribution >= 0.6 is 11.8 Å². The molecule has 0 aliphatic carbocycles. The minimum absolute atomic E-state index is 0. The first-order valence-electron chi connectivity index (χ1n) is 8.61. The fourth-order valence-corrected chi connectivity index (χ4v) is 3.85. The van der Waals surface area contributed by atoms with Gasteiger partial charge in [0.15, 0.2) is 0 Å². The van der Waals surface area contributed by atoms with Crippen LogP contribution in [0.1, 0.15) is 12.0 Å². The summed E-state index contributed by atoms with van der Waals surface area (Å²) in [4.78, 5) is 22.0. The zero-order valence-electron chi connectivity index (χ0n) is 15.5. The molecule has 0 amide bonds. The number of aliphatic carboxylic acids is 1. The zero-order valence-corrected chi connectivity index (χ0v) is 16.3. The highest BCUT2D eigenvalue weighted by Gasteiger charge is 2.23. The van der Waals surface area contributed by atoms with Crippen LogP contribution in [-0.4, -0.2) is 37.6 Å². The Kier molecular flexibility index (Phi) is 5.90. The molecular weight excluding hydrogens is 392 g/mol. The van der Waals surface area contributed by atoms with E-state index in [1.54, 1.807) is 12.1 Å². The second-order valence-corrected chi connectivity index (χ2v) is 7.58. The SMILES string of the molecule is Cn1ccc2ccc(-c3cc(N=O)cc(C4=N[NH+]=C(SCC(=O)O)C4)c3)cc21.[OH-]. The number of hydrogen-bond donors (Lipinski definition) is 2. The van der Waals surface area contributed by atoms with Gasteiger partial charge >= 0.3 is 5.97 Å². The number of aryl methyl sites for hydroxylation is 1. The van der Waals surface area contributed by atoms with Gasteiger partial charge in [0.1, 0.15) is 17.2 Å². The predicted octanol–water partition coefficient (Wildman–Crippen LogP) is 2.47. The molecule has 8 nitrogen and oxygen atoms in total. The van der Waals surface area contributed by atoms with E-state index in [4.69, 9.17) is 5.11 Å². The molecule has 0 spiro atoms. The van der Waals surface area contributed by atoms with Crippen molar-refractivity contribution in [3.8, 4) is 11.1 Å². The summed E-state index contributed by atoms with van der Waals surface area (Å²) in [6, 6.07) is 13.6. The Bertz CT molecular complexity index is 1170. The predicted molar refractivity (Wildman–Crippen MR) is 113 cm³/mol. The lowest BCUT2D eigenvalue weighted by atomic mass is 9.98. The average Bonchev–Trinajstić information content (AvgIpc) is 3.33. The van der Waals surface area contributed by atoms with Gasteiger partial charge in [0, 0.05) is 24.3 Å². The van der Waals surface area contributed by atoms with Gasteiger partial charge in [-0.25, -0.2) is 0 Å². The molecule has 1 aromatic heterocycles. The number of carbonyl (C=O) groups is 1. The van der Waals surface area contributed by atoms with E-state index in [0.29, 0.717) is 12.1 Å². The molecule has 2 aromatic carbocycles. The first-order chi connectivity index (χ1) is 13.5. The molecule has 0 radical (unpaired) electrons. The Morgan fingerprint density at radius 3 is 2.76 bits per heavy atom. The van der Waals surface area contributed by atoms with Crippen molar-refractivity contribution in [3.63, 3.8) is 0 Å². The van der Waals surface area contributed by atoms with Crippen molar-refractivity contribution in [1.82, 2.24) is 4.57 Å². The van der Waals surface area contributed by atoms with E-state index in [1.165, 1.54) is 11.8 Å². The van der Waals surface area contributed by atoms with Gasteiger partial charge in [-0.1, -0.05) is 17.2 Å². The normalized spacial score (nSPS) is 13.0.